The van der Waals surface area contributed by atoms with E-state index in [0.717, 1.165) is 0 Å². The number of aromatic nitrogens is 1. The summed E-state index contributed by atoms with van der Waals surface area (Å²) < 4.78 is 16.9. The molecule has 0 spiro atoms. The molecule has 2 aromatic rings. The maximum atomic E-state index is 13.9. The van der Waals surface area contributed by atoms with Gasteiger partial charge in [-0.15, -0.1) is 11.3 Å². The van der Waals surface area contributed by atoms with Gasteiger partial charge in [0.15, 0.2) is 5.78 Å². The van der Waals surface area contributed by atoms with E-state index in [2.05, 4.69) is 15.9 Å². The van der Waals surface area contributed by atoms with Gasteiger partial charge in [-0.1, -0.05) is 42.8 Å². The average Bonchev–Trinajstić information content (AvgIpc) is 2.69. The van der Waals surface area contributed by atoms with Gasteiger partial charge in [0.2, 0.25) is 0 Å². The maximum absolute atomic E-state index is 13.9. The van der Waals surface area contributed by atoms with Crippen molar-refractivity contribution in [2.75, 3.05) is 0 Å². The number of ketones is 1. The van der Waals surface area contributed by atoms with E-state index in [1.54, 1.807) is 19.2 Å². The van der Waals surface area contributed by atoms with E-state index < -0.39 is 11.2 Å². The lowest BCUT2D eigenvalue weighted by molar-refractivity contribution is -0.120. The third-order valence-electron chi connectivity index (χ3n) is 3.30. The van der Waals surface area contributed by atoms with Crippen molar-refractivity contribution in [1.29, 1.82) is 0 Å². The Morgan fingerprint density at radius 3 is 2.57 bits per heavy atom. The Morgan fingerprint density at radius 1 is 1.35 bits per heavy atom. The van der Waals surface area contributed by atoms with E-state index in [1.165, 1.54) is 34.1 Å². The second-order valence-corrected chi connectivity index (χ2v) is 8.22. The predicted molar refractivity (Wildman–Crippen MR) is 95.4 cm³/mol. The average molecular weight is 398 g/mol. The molecule has 23 heavy (non-hydrogen) atoms. The van der Waals surface area contributed by atoms with E-state index in [1.807, 2.05) is 20.8 Å². The molecule has 1 aromatic heterocycles. The Balaban J connectivity index is 2.61. The monoisotopic (exact) mass is 397 g/mol. The van der Waals surface area contributed by atoms with Gasteiger partial charge in [0, 0.05) is 28.6 Å². The zero-order valence-electron chi connectivity index (χ0n) is 13.3. The number of Topliss-reactive ketones (excluding diaryl/α,β-unsaturated/α-hetero) is 1. The van der Waals surface area contributed by atoms with Crippen LogP contribution in [0, 0.1) is 11.2 Å². The lowest BCUT2D eigenvalue weighted by Crippen LogP contribution is -2.30. The smallest absolute Gasteiger partial charge is 0.268 e. The van der Waals surface area contributed by atoms with E-state index in [-0.39, 0.29) is 11.3 Å². The van der Waals surface area contributed by atoms with Crippen LogP contribution in [-0.2, 0) is 11.8 Å². The Hall–Kier alpha value is -1.53. The zero-order valence-corrected chi connectivity index (χ0v) is 15.7. The Morgan fingerprint density at radius 2 is 2.00 bits per heavy atom. The highest BCUT2D eigenvalue weighted by molar-refractivity contribution is 9.10. The fraction of sp³-hybridized carbons (Fsp3) is 0.294. The Kier molecular flexibility index (Phi) is 5.06. The predicted octanol–water partition coefficient (Wildman–Crippen LogP) is 2.57. The third kappa shape index (κ3) is 4.06. The van der Waals surface area contributed by atoms with Gasteiger partial charge < -0.3 is 4.57 Å². The summed E-state index contributed by atoms with van der Waals surface area (Å²) >= 11 is 4.38. The quantitative estimate of drug-likeness (QED) is 0.780. The number of rotatable bonds is 2. The molecule has 3 nitrogen and oxygen atoms in total. The largest absolute Gasteiger partial charge is 0.302 e. The highest BCUT2D eigenvalue weighted by Gasteiger charge is 2.19. The van der Waals surface area contributed by atoms with Crippen LogP contribution < -0.4 is 14.8 Å². The molecule has 0 atom stereocenters. The van der Waals surface area contributed by atoms with Gasteiger partial charge >= 0.3 is 0 Å². The van der Waals surface area contributed by atoms with Gasteiger partial charge in [-0.05, 0) is 18.2 Å². The normalized spacial score (nSPS) is 13.7. The molecule has 0 aliphatic rings. The standard InChI is InChI=1S/C17H17BrFNO2S/c1-17(2,3)14(21)9-15-20(4)16(22)13(23-15)7-10-5-6-11(18)8-12(10)19/h5-9H,1-4H3/b13-7+,15-9-. The molecule has 0 amide bonds. The van der Waals surface area contributed by atoms with Gasteiger partial charge in [-0.3, -0.25) is 9.59 Å². The van der Waals surface area contributed by atoms with Crippen molar-refractivity contribution in [1.82, 2.24) is 4.57 Å². The van der Waals surface area contributed by atoms with Crippen LogP contribution in [0.2, 0.25) is 0 Å². The topological polar surface area (TPSA) is 39.1 Å². The zero-order chi connectivity index (χ0) is 17.4. The van der Waals surface area contributed by atoms with Crippen molar-refractivity contribution >= 4 is 45.2 Å². The number of hydrogen-bond donors (Lipinski definition) is 0. The molecule has 0 bridgehead atoms. The fourth-order valence-corrected chi connectivity index (χ4v) is 3.15. The van der Waals surface area contributed by atoms with Crippen molar-refractivity contribution in [2.45, 2.75) is 20.8 Å². The summed E-state index contributed by atoms with van der Waals surface area (Å²) in [5, 5.41) is 0. The van der Waals surface area contributed by atoms with Gasteiger partial charge in [0.25, 0.3) is 5.56 Å². The molecule has 6 heteroatoms. The molecule has 0 aliphatic heterocycles. The second-order valence-electron chi connectivity index (χ2n) is 6.24. The highest BCUT2D eigenvalue weighted by Crippen LogP contribution is 2.16. The molecule has 1 aromatic carbocycles. The minimum Gasteiger partial charge on any atom is -0.302 e. The number of nitrogens with zero attached hydrogens (tertiary/aromatic N) is 1. The Bertz CT molecular complexity index is 935. The number of hydrogen-bond acceptors (Lipinski definition) is 3. The van der Waals surface area contributed by atoms with Gasteiger partial charge in [-0.2, -0.15) is 0 Å². The summed E-state index contributed by atoms with van der Waals surface area (Å²) in [5.74, 6) is -0.471. The number of halogens is 2. The molecule has 0 N–H and O–H groups in total. The molecule has 2 rings (SSSR count). The van der Waals surface area contributed by atoms with Gasteiger partial charge in [-0.25, -0.2) is 4.39 Å². The molecule has 122 valence electrons. The van der Waals surface area contributed by atoms with Crippen LogP contribution in [-0.4, -0.2) is 10.4 Å². The fourth-order valence-electron chi connectivity index (χ4n) is 1.80. The number of benzene rings is 1. The van der Waals surface area contributed by atoms with Crippen LogP contribution in [0.1, 0.15) is 26.3 Å². The van der Waals surface area contributed by atoms with Crippen LogP contribution in [0.25, 0.3) is 12.2 Å². The number of carbonyl (C=O) groups excluding carboxylic acids is 1. The van der Waals surface area contributed by atoms with Gasteiger partial charge in [0.1, 0.15) is 10.5 Å². The Labute approximate surface area is 145 Å². The van der Waals surface area contributed by atoms with Crippen molar-refractivity contribution < 1.29 is 9.18 Å². The minimum absolute atomic E-state index is 0.0595. The lowest BCUT2D eigenvalue weighted by atomic mass is 9.91. The second kappa shape index (κ2) is 6.53. The molecular weight excluding hydrogens is 381 g/mol. The molecule has 0 radical (unpaired) electrons. The van der Waals surface area contributed by atoms with Crippen LogP contribution >= 0.6 is 27.3 Å². The van der Waals surface area contributed by atoms with Crippen LogP contribution in [0.3, 0.4) is 0 Å². The van der Waals surface area contributed by atoms with E-state index in [0.29, 0.717) is 19.2 Å². The van der Waals surface area contributed by atoms with Crippen LogP contribution in [0.15, 0.2) is 27.5 Å². The first-order valence-electron chi connectivity index (χ1n) is 6.98. The van der Waals surface area contributed by atoms with Crippen molar-refractivity contribution in [3.05, 3.63) is 53.6 Å². The third-order valence-corrected chi connectivity index (χ3v) is 4.91. The first kappa shape index (κ1) is 17.8. The minimum atomic E-state index is -0.512. The molecule has 0 saturated carbocycles. The molecule has 0 unspecified atom stereocenters. The first-order valence-corrected chi connectivity index (χ1v) is 8.59. The lowest BCUT2D eigenvalue weighted by Gasteiger charge is -2.12. The van der Waals surface area contributed by atoms with Gasteiger partial charge in [0.05, 0.1) is 4.53 Å². The van der Waals surface area contributed by atoms with Crippen molar-refractivity contribution in [3.8, 4) is 0 Å². The summed E-state index contributed by atoms with van der Waals surface area (Å²) in [5.41, 5.74) is -0.423. The summed E-state index contributed by atoms with van der Waals surface area (Å²) in [6, 6.07) is 4.66. The van der Waals surface area contributed by atoms with E-state index in [4.69, 9.17) is 0 Å². The SMILES string of the molecule is Cn1c(=O)/c(=C\c2ccc(Br)cc2F)s/c1=C\C(=O)C(C)(C)C. The first-order chi connectivity index (χ1) is 10.6. The molecule has 1 heterocycles. The molecular formula is C17H17BrFNO2S. The van der Waals surface area contributed by atoms with Crippen molar-refractivity contribution in [2.24, 2.45) is 12.5 Å². The summed E-state index contributed by atoms with van der Waals surface area (Å²) in [4.78, 5) is 24.4. The number of carbonyl (C=O) groups is 1. The molecule has 0 aliphatic carbocycles. The van der Waals surface area contributed by atoms with E-state index in [9.17, 15) is 14.0 Å². The number of thiazole rings is 1. The summed E-state index contributed by atoms with van der Waals surface area (Å²) in [6.45, 7) is 5.46. The molecule has 0 saturated heterocycles. The maximum Gasteiger partial charge on any atom is 0.268 e. The highest BCUT2D eigenvalue weighted by atomic mass is 79.9. The summed E-state index contributed by atoms with van der Waals surface area (Å²) in [6.07, 6.45) is 2.98. The van der Waals surface area contributed by atoms with Crippen molar-refractivity contribution in [3.63, 3.8) is 0 Å². The van der Waals surface area contributed by atoms with Crippen LogP contribution in [0.4, 0.5) is 4.39 Å². The summed E-state index contributed by atoms with van der Waals surface area (Å²) in [7, 11) is 1.61. The molecule has 0 fully saturated rings. The van der Waals surface area contributed by atoms with E-state index >= 15 is 0 Å². The van der Waals surface area contributed by atoms with Crippen LogP contribution in [0.5, 0.6) is 0 Å².